The van der Waals surface area contributed by atoms with Crippen molar-refractivity contribution in [1.82, 2.24) is 5.32 Å². The summed E-state index contributed by atoms with van der Waals surface area (Å²) in [6.07, 6.45) is 2.61. The molecule has 0 spiro atoms. The van der Waals surface area contributed by atoms with Crippen molar-refractivity contribution < 1.29 is 14.3 Å². The van der Waals surface area contributed by atoms with Crippen molar-refractivity contribution in [3.63, 3.8) is 0 Å². The lowest BCUT2D eigenvalue weighted by Crippen LogP contribution is -2.17. The predicted molar refractivity (Wildman–Crippen MR) is 80.9 cm³/mol. The number of imide groups is 1. The molecule has 4 nitrogen and oxygen atoms in total. The van der Waals surface area contributed by atoms with E-state index in [0.717, 1.165) is 23.7 Å². The van der Waals surface area contributed by atoms with Gasteiger partial charge in [-0.2, -0.15) is 0 Å². The van der Waals surface area contributed by atoms with Crippen LogP contribution in [0.15, 0.2) is 23.1 Å². The van der Waals surface area contributed by atoms with E-state index in [1.807, 2.05) is 13.8 Å². The van der Waals surface area contributed by atoms with Crippen LogP contribution in [-0.4, -0.2) is 17.3 Å². The number of thioether (sulfide) groups is 1. The van der Waals surface area contributed by atoms with Crippen LogP contribution in [0.2, 0.25) is 5.02 Å². The molecular weight excluding hydrogens is 298 g/mol. The lowest BCUT2D eigenvalue weighted by atomic mass is 10.2. The molecule has 0 aromatic heterocycles. The van der Waals surface area contributed by atoms with Gasteiger partial charge in [-0.1, -0.05) is 24.6 Å². The van der Waals surface area contributed by atoms with Crippen molar-refractivity contribution in [1.29, 1.82) is 0 Å². The maximum absolute atomic E-state index is 11.4. The van der Waals surface area contributed by atoms with Gasteiger partial charge in [-0.3, -0.25) is 14.9 Å². The number of hydrogen-bond acceptors (Lipinski definition) is 4. The SMILES string of the molecule is CCC(C)Oc1ccc(C=C2SC(=O)NC2=O)cc1Cl. The molecule has 0 saturated carbocycles. The van der Waals surface area contributed by atoms with E-state index in [-0.39, 0.29) is 17.3 Å². The molecule has 1 unspecified atom stereocenters. The number of nitrogens with one attached hydrogen (secondary N) is 1. The van der Waals surface area contributed by atoms with Gasteiger partial charge in [0.05, 0.1) is 16.0 Å². The number of carbonyl (C=O) groups excluding carboxylic acids is 2. The number of rotatable bonds is 4. The summed E-state index contributed by atoms with van der Waals surface area (Å²) in [5.41, 5.74) is 0.749. The number of carbonyl (C=O) groups is 2. The fourth-order valence-electron chi connectivity index (χ4n) is 1.57. The molecule has 1 saturated heterocycles. The van der Waals surface area contributed by atoms with E-state index in [1.165, 1.54) is 0 Å². The second kappa shape index (κ2) is 6.33. The molecule has 106 valence electrons. The molecule has 1 aliphatic heterocycles. The molecule has 0 bridgehead atoms. The first-order valence-corrected chi connectivity index (χ1v) is 7.40. The lowest BCUT2D eigenvalue weighted by molar-refractivity contribution is -0.115. The number of hydrogen-bond donors (Lipinski definition) is 1. The van der Waals surface area contributed by atoms with Crippen LogP contribution in [0.25, 0.3) is 6.08 Å². The average Bonchev–Trinajstić information content (AvgIpc) is 2.71. The van der Waals surface area contributed by atoms with Crippen molar-refractivity contribution in [2.24, 2.45) is 0 Å². The Morgan fingerprint density at radius 3 is 2.75 bits per heavy atom. The number of benzene rings is 1. The standard InChI is InChI=1S/C14H14ClNO3S/c1-3-8(2)19-11-5-4-9(6-10(11)15)7-12-13(17)16-14(18)20-12/h4-8H,3H2,1-2H3,(H,16,17,18). The van der Waals surface area contributed by atoms with Crippen molar-refractivity contribution >= 4 is 40.6 Å². The summed E-state index contributed by atoms with van der Waals surface area (Å²) >= 11 is 7.03. The van der Waals surface area contributed by atoms with E-state index in [0.29, 0.717) is 15.7 Å². The summed E-state index contributed by atoms with van der Waals surface area (Å²) in [5, 5.41) is 2.33. The van der Waals surface area contributed by atoms with E-state index in [2.05, 4.69) is 5.32 Å². The van der Waals surface area contributed by atoms with Gasteiger partial charge in [0, 0.05) is 0 Å². The highest BCUT2D eigenvalue weighted by Crippen LogP contribution is 2.30. The van der Waals surface area contributed by atoms with E-state index >= 15 is 0 Å². The van der Waals surface area contributed by atoms with Crippen LogP contribution in [0.3, 0.4) is 0 Å². The van der Waals surface area contributed by atoms with Gasteiger partial charge in [0.15, 0.2) is 0 Å². The molecule has 1 heterocycles. The maximum Gasteiger partial charge on any atom is 0.290 e. The average molecular weight is 312 g/mol. The summed E-state index contributed by atoms with van der Waals surface area (Å²) in [6, 6.07) is 5.27. The summed E-state index contributed by atoms with van der Waals surface area (Å²) in [5.74, 6) is 0.235. The van der Waals surface area contributed by atoms with Crippen molar-refractivity contribution in [3.05, 3.63) is 33.7 Å². The lowest BCUT2D eigenvalue weighted by Gasteiger charge is -2.14. The third-order valence-corrected chi connectivity index (χ3v) is 3.90. The quantitative estimate of drug-likeness (QED) is 0.858. The fourth-order valence-corrected chi connectivity index (χ4v) is 2.49. The van der Waals surface area contributed by atoms with E-state index in [4.69, 9.17) is 16.3 Å². The van der Waals surface area contributed by atoms with Crippen LogP contribution in [0.1, 0.15) is 25.8 Å². The van der Waals surface area contributed by atoms with Crippen LogP contribution < -0.4 is 10.1 Å². The Labute approximate surface area is 126 Å². The normalized spacial score (nSPS) is 18.2. The van der Waals surface area contributed by atoms with Crippen LogP contribution in [0.5, 0.6) is 5.75 Å². The second-order valence-corrected chi connectivity index (χ2v) is 5.80. The summed E-state index contributed by atoms with van der Waals surface area (Å²) in [6.45, 7) is 4.00. The van der Waals surface area contributed by atoms with Gasteiger partial charge < -0.3 is 4.74 Å². The van der Waals surface area contributed by atoms with Gasteiger partial charge in [-0.15, -0.1) is 0 Å². The minimum absolute atomic E-state index is 0.0884. The number of halogens is 1. The zero-order chi connectivity index (χ0) is 14.7. The van der Waals surface area contributed by atoms with Crippen LogP contribution >= 0.6 is 23.4 Å². The highest BCUT2D eigenvalue weighted by Gasteiger charge is 2.24. The molecule has 1 N–H and O–H groups in total. The minimum atomic E-state index is -0.379. The van der Waals surface area contributed by atoms with Gasteiger partial charge in [0.2, 0.25) is 0 Å². The van der Waals surface area contributed by atoms with Gasteiger partial charge in [-0.25, -0.2) is 0 Å². The minimum Gasteiger partial charge on any atom is -0.489 e. The molecule has 1 fully saturated rings. The smallest absolute Gasteiger partial charge is 0.290 e. The first-order chi connectivity index (χ1) is 9.49. The molecule has 6 heteroatoms. The molecule has 1 aliphatic rings. The zero-order valence-corrected chi connectivity index (χ0v) is 12.7. The Kier molecular flexibility index (Phi) is 4.73. The fraction of sp³-hybridized carbons (Fsp3) is 0.286. The molecule has 20 heavy (non-hydrogen) atoms. The largest absolute Gasteiger partial charge is 0.489 e. The predicted octanol–water partition coefficient (Wildman–Crippen LogP) is 3.84. The van der Waals surface area contributed by atoms with Gasteiger partial charge in [-0.05, 0) is 48.9 Å². The molecule has 1 aromatic rings. The Hall–Kier alpha value is -1.46. The molecule has 1 atom stereocenters. The van der Waals surface area contributed by atoms with Crippen LogP contribution in [0, 0.1) is 0 Å². The second-order valence-electron chi connectivity index (χ2n) is 4.38. The highest BCUT2D eigenvalue weighted by atomic mass is 35.5. The summed E-state index contributed by atoms with van der Waals surface area (Å²) in [4.78, 5) is 22.9. The Morgan fingerprint density at radius 2 is 2.20 bits per heavy atom. The van der Waals surface area contributed by atoms with E-state index < -0.39 is 0 Å². The molecule has 1 aromatic carbocycles. The van der Waals surface area contributed by atoms with Gasteiger partial charge >= 0.3 is 0 Å². The topological polar surface area (TPSA) is 55.4 Å². The monoisotopic (exact) mass is 311 g/mol. The third-order valence-electron chi connectivity index (χ3n) is 2.80. The van der Waals surface area contributed by atoms with Gasteiger partial charge in [0.25, 0.3) is 11.1 Å². The first kappa shape index (κ1) is 14.9. The van der Waals surface area contributed by atoms with E-state index in [1.54, 1.807) is 24.3 Å². The van der Waals surface area contributed by atoms with Gasteiger partial charge in [0.1, 0.15) is 5.75 Å². The molecule has 0 aliphatic carbocycles. The molecular formula is C14H14ClNO3S. The third kappa shape index (κ3) is 3.55. The van der Waals surface area contributed by atoms with E-state index in [9.17, 15) is 9.59 Å². The molecule has 2 rings (SSSR count). The zero-order valence-electron chi connectivity index (χ0n) is 11.1. The highest BCUT2D eigenvalue weighted by molar-refractivity contribution is 8.18. The summed E-state index contributed by atoms with van der Waals surface area (Å²) < 4.78 is 5.67. The van der Waals surface area contributed by atoms with Crippen molar-refractivity contribution in [3.8, 4) is 5.75 Å². The maximum atomic E-state index is 11.4. The first-order valence-electron chi connectivity index (χ1n) is 6.20. The molecule has 2 amide bonds. The summed E-state index contributed by atoms with van der Waals surface area (Å²) in [7, 11) is 0. The number of ether oxygens (including phenoxy) is 1. The van der Waals surface area contributed by atoms with Crippen molar-refractivity contribution in [2.75, 3.05) is 0 Å². The molecule has 0 radical (unpaired) electrons. The van der Waals surface area contributed by atoms with Crippen LogP contribution in [-0.2, 0) is 4.79 Å². The Balaban J connectivity index is 2.19. The Morgan fingerprint density at radius 1 is 1.45 bits per heavy atom. The van der Waals surface area contributed by atoms with Crippen LogP contribution in [0.4, 0.5) is 4.79 Å². The number of amides is 2. The van der Waals surface area contributed by atoms with Crippen molar-refractivity contribution in [2.45, 2.75) is 26.4 Å². The Bertz CT molecular complexity index is 586.